The van der Waals surface area contributed by atoms with Crippen LogP contribution in [0.3, 0.4) is 0 Å². The van der Waals surface area contributed by atoms with Crippen molar-refractivity contribution in [3.05, 3.63) is 66.4 Å². The summed E-state index contributed by atoms with van der Waals surface area (Å²) in [4.78, 5) is 30.9. The van der Waals surface area contributed by atoms with Gasteiger partial charge in [0.25, 0.3) is 0 Å². The third-order valence-electron chi connectivity index (χ3n) is 6.17. The number of hydrogen-bond acceptors (Lipinski definition) is 4. The fraction of sp³-hybridized carbons (Fsp3) is 0.346. The van der Waals surface area contributed by atoms with Crippen molar-refractivity contribution in [2.45, 2.75) is 37.8 Å². The minimum atomic E-state index is -0.268. The standard InChI is InChI=1S/C26H30N4O2S/c1-18(2)21-10-6-7-11-22(21)30-23(19-8-4-3-5-9-19)16-28-26(30)33-17-24(31)29-14-12-20(13-15-29)25(27)32/h3-11,16,18,20H,12-15,17H2,1-2H3,(H2,27,32). The molecule has 3 aromatic rings. The number of thioether (sulfide) groups is 1. The van der Waals surface area contributed by atoms with E-state index in [0.29, 0.717) is 37.6 Å². The Labute approximate surface area is 199 Å². The van der Waals surface area contributed by atoms with E-state index in [1.807, 2.05) is 35.4 Å². The molecule has 1 fully saturated rings. The summed E-state index contributed by atoms with van der Waals surface area (Å²) >= 11 is 1.46. The van der Waals surface area contributed by atoms with Gasteiger partial charge in [-0.3, -0.25) is 14.2 Å². The van der Waals surface area contributed by atoms with E-state index in [1.165, 1.54) is 17.3 Å². The zero-order chi connectivity index (χ0) is 23.4. The molecule has 7 heteroatoms. The largest absolute Gasteiger partial charge is 0.369 e. The molecule has 1 saturated heterocycles. The zero-order valence-electron chi connectivity index (χ0n) is 19.1. The van der Waals surface area contributed by atoms with E-state index in [9.17, 15) is 9.59 Å². The third-order valence-corrected chi connectivity index (χ3v) is 7.11. The molecular formula is C26H30N4O2S. The number of nitrogens with zero attached hydrogens (tertiary/aromatic N) is 3. The van der Waals surface area contributed by atoms with E-state index < -0.39 is 0 Å². The molecule has 0 radical (unpaired) electrons. The Hall–Kier alpha value is -3.06. The average Bonchev–Trinajstić information content (AvgIpc) is 3.27. The highest BCUT2D eigenvalue weighted by Gasteiger charge is 2.26. The smallest absolute Gasteiger partial charge is 0.233 e. The van der Waals surface area contributed by atoms with E-state index in [4.69, 9.17) is 10.7 Å². The number of aromatic nitrogens is 2. The van der Waals surface area contributed by atoms with Gasteiger partial charge in [-0.15, -0.1) is 0 Å². The molecule has 0 unspecified atom stereocenters. The fourth-order valence-corrected chi connectivity index (χ4v) is 5.18. The molecule has 2 aromatic carbocycles. The molecule has 2 amide bonds. The van der Waals surface area contributed by atoms with E-state index in [0.717, 1.165) is 22.1 Å². The first-order valence-electron chi connectivity index (χ1n) is 11.4. The van der Waals surface area contributed by atoms with Crippen molar-refractivity contribution in [2.75, 3.05) is 18.8 Å². The molecule has 33 heavy (non-hydrogen) atoms. The van der Waals surface area contributed by atoms with Crippen LogP contribution in [-0.4, -0.2) is 45.1 Å². The minimum absolute atomic E-state index is 0.0656. The summed E-state index contributed by atoms with van der Waals surface area (Å²) in [6.45, 7) is 5.52. The van der Waals surface area contributed by atoms with Gasteiger partial charge in [-0.2, -0.15) is 0 Å². The first kappa shape index (κ1) is 23.1. The summed E-state index contributed by atoms with van der Waals surface area (Å²) in [6.07, 6.45) is 3.16. The van der Waals surface area contributed by atoms with E-state index in [2.05, 4.69) is 48.7 Å². The number of hydrogen-bond donors (Lipinski definition) is 1. The highest BCUT2D eigenvalue weighted by atomic mass is 32.2. The second-order valence-corrected chi connectivity index (χ2v) is 9.63. The number of carbonyl (C=O) groups excluding carboxylic acids is 2. The first-order valence-corrected chi connectivity index (χ1v) is 12.4. The van der Waals surface area contributed by atoms with Crippen LogP contribution < -0.4 is 5.73 Å². The Bertz CT molecular complexity index is 1120. The highest BCUT2D eigenvalue weighted by molar-refractivity contribution is 7.99. The highest BCUT2D eigenvalue weighted by Crippen LogP contribution is 2.33. The summed E-state index contributed by atoms with van der Waals surface area (Å²) < 4.78 is 2.17. The lowest BCUT2D eigenvalue weighted by Gasteiger charge is -2.30. The third kappa shape index (κ3) is 5.14. The van der Waals surface area contributed by atoms with E-state index in [-0.39, 0.29) is 17.7 Å². The average molecular weight is 463 g/mol. The number of amides is 2. The molecule has 172 valence electrons. The Kier molecular flexibility index (Phi) is 7.18. The molecule has 0 atom stereocenters. The number of carbonyl (C=O) groups is 2. The van der Waals surface area contributed by atoms with Gasteiger partial charge in [0.1, 0.15) is 0 Å². The molecule has 1 aromatic heterocycles. The van der Waals surface area contributed by atoms with Gasteiger partial charge < -0.3 is 10.6 Å². The van der Waals surface area contributed by atoms with Gasteiger partial charge in [0.2, 0.25) is 11.8 Å². The molecular weight excluding hydrogens is 432 g/mol. The monoisotopic (exact) mass is 462 g/mol. The van der Waals surface area contributed by atoms with Crippen LogP contribution in [0.25, 0.3) is 16.9 Å². The second-order valence-electron chi connectivity index (χ2n) is 8.69. The molecule has 4 rings (SSSR count). The molecule has 1 aliphatic rings. The predicted molar refractivity (Wildman–Crippen MR) is 132 cm³/mol. The lowest BCUT2D eigenvalue weighted by atomic mass is 9.96. The van der Waals surface area contributed by atoms with Gasteiger partial charge in [-0.05, 0) is 30.4 Å². The lowest BCUT2D eigenvalue weighted by Crippen LogP contribution is -2.42. The number of likely N-dealkylation sites (tertiary alicyclic amines) is 1. The second kappa shape index (κ2) is 10.3. The Balaban J connectivity index is 1.60. The molecule has 6 nitrogen and oxygen atoms in total. The van der Waals surface area contributed by atoms with Crippen LogP contribution in [0.4, 0.5) is 0 Å². The number of piperidine rings is 1. The molecule has 0 bridgehead atoms. The van der Waals surface area contributed by atoms with Crippen molar-refractivity contribution in [2.24, 2.45) is 11.7 Å². The number of primary amides is 1. The molecule has 0 saturated carbocycles. The van der Waals surface area contributed by atoms with Gasteiger partial charge in [0, 0.05) is 24.6 Å². The van der Waals surface area contributed by atoms with Crippen molar-refractivity contribution in [3.63, 3.8) is 0 Å². The Morgan fingerprint density at radius 3 is 2.39 bits per heavy atom. The van der Waals surface area contributed by atoms with Gasteiger partial charge in [-0.1, -0.05) is 74.1 Å². The summed E-state index contributed by atoms with van der Waals surface area (Å²) in [6, 6.07) is 18.6. The lowest BCUT2D eigenvalue weighted by molar-refractivity contribution is -0.132. The van der Waals surface area contributed by atoms with Gasteiger partial charge in [0.15, 0.2) is 5.16 Å². The summed E-state index contributed by atoms with van der Waals surface area (Å²) in [5.74, 6) is 0.322. The normalized spacial score (nSPS) is 14.6. The van der Waals surface area contributed by atoms with Gasteiger partial charge in [-0.25, -0.2) is 4.98 Å². The number of para-hydroxylation sites is 1. The van der Waals surface area contributed by atoms with Crippen LogP contribution in [0.1, 0.15) is 38.2 Å². The zero-order valence-corrected chi connectivity index (χ0v) is 19.9. The summed E-state index contributed by atoms with van der Waals surface area (Å²) in [5.41, 5.74) is 9.82. The van der Waals surface area contributed by atoms with Crippen LogP contribution in [0.15, 0.2) is 66.0 Å². The van der Waals surface area contributed by atoms with Crippen molar-refractivity contribution in [1.29, 1.82) is 0 Å². The maximum absolute atomic E-state index is 12.9. The maximum atomic E-state index is 12.9. The SMILES string of the molecule is CC(C)c1ccccc1-n1c(-c2ccccc2)cnc1SCC(=O)N1CCC(C(N)=O)CC1. The fourth-order valence-electron chi connectivity index (χ4n) is 4.29. The Morgan fingerprint density at radius 1 is 1.06 bits per heavy atom. The molecule has 2 heterocycles. The van der Waals surface area contributed by atoms with E-state index >= 15 is 0 Å². The topological polar surface area (TPSA) is 81.2 Å². The van der Waals surface area contributed by atoms with E-state index in [1.54, 1.807) is 0 Å². The van der Waals surface area contributed by atoms with Crippen LogP contribution in [0.2, 0.25) is 0 Å². The molecule has 1 aliphatic heterocycles. The number of imidazole rings is 1. The van der Waals surface area contributed by atoms with Crippen molar-refractivity contribution in [1.82, 2.24) is 14.5 Å². The van der Waals surface area contributed by atoms with Crippen LogP contribution in [0, 0.1) is 5.92 Å². The van der Waals surface area contributed by atoms with Crippen LogP contribution >= 0.6 is 11.8 Å². The quantitative estimate of drug-likeness (QED) is 0.525. The maximum Gasteiger partial charge on any atom is 0.233 e. The van der Waals surface area contributed by atoms with Crippen molar-refractivity contribution >= 4 is 23.6 Å². The van der Waals surface area contributed by atoms with Crippen molar-refractivity contribution in [3.8, 4) is 16.9 Å². The summed E-state index contributed by atoms with van der Waals surface area (Å²) in [5, 5.41) is 0.794. The molecule has 0 spiro atoms. The minimum Gasteiger partial charge on any atom is -0.369 e. The first-order chi connectivity index (χ1) is 16.0. The summed E-state index contributed by atoms with van der Waals surface area (Å²) in [7, 11) is 0. The number of benzene rings is 2. The van der Waals surface area contributed by atoms with Crippen LogP contribution in [0.5, 0.6) is 0 Å². The van der Waals surface area contributed by atoms with Crippen molar-refractivity contribution < 1.29 is 9.59 Å². The Morgan fingerprint density at radius 2 is 1.73 bits per heavy atom. The van der Waals surface area contributed by atoms with Gasteiger partial charge in [0.05, 0.1) is 23.3 Å². The number of nitrogens with two attached hydrogens (primary N) is 1. The van der Waals surface area contributed by atoms with Gasteiger partial charge >= 0.3 is 0 Å². The predicted octanol–water partition coefficient (Wildman–Crippen LogP) is 4.48. The molecule has 2 N–H and O–H groups in total. The number of rotatable bonds is 7. The van der Waals surface area contributed by atoms with Crippen LogP contribution in [-0.2, 0) is 9.59 Å². The molecule has 0 aliphatic carbocycles.